The Labute approximate surface area is 125 Å². The van der Waals surface area contributed by atoms with E-state index in [9.17, 15) is 12.8 Å². The van der Waals surface area contributed by atoms with Gasteiger partial charge in [-0.1, -0.05) is 25.0 Å². The zero-order chi connectivity index (χ0) is 13.9. The van der Waals surface area contributed by atoms with E-state index in [0.29, 0.717) is 0 Å². The van der Waals surface area contributed by atoms with Crippen molar-refractivity contribution in [3.63, 3.8) is 0 Å². The highest BCUT2D eigenvalue weighted by molar-refractivity contribution is 7.89. The Hall–Kier alpha value is -0.690. The largest absolute Gasteiger partial charge is 0.329 e. The second kappa shape index (κ2) is 7.36. The minimum Gasteiger partial charge on any atom is -0.329 e. The van der Waals surface area contributed by atoms with Crippen molar-refractivity contribution in [2.75, 3.05) is 6.54 Å². The van der Waals surface area contributed by atoms with Crippen LogP contribution in [0.2, 0.25) is 0 Å². The predicted molar refractivity (Wildman–Crippen MR) is 78.8 cm³/mol. The summed E-state index contributed by atoms with van der Waals surface area (Å²) >= 11 is 0. The first kappa shape index (κ1) is 17.4. The van der Waals surface area contributed by atoms with Crippen molar-refractivity contribution in [1.82, 2.24) is 4.72 Å². The molecule has 1 unspecified atom stereocenters. The lowest BCUT2D eigenvalue weighted by Crippen LogP contribution is -2.44. The topological polar surface area (TPSA) is 72.2 Å². The normalized spacial score (nSPS) is 17.7. The van der Waals surface area contributed by atoms with Gasteiger partial charge in [-0.15, -0.1) is 12.4 Å². The lowest BCUT2D eigenvalue weighted by atomic mass is 9.99. The van der Waals surface area contributed by atoms with Gasteiger partial charge in [0.1, 0.15) is 10.7 Å². The molecule has 0 saturated heterocycles. The molecular weight excluding hydrogens is 303 g/mol. The first-order valence-electron chi connectivity index (χ1n) is 6.51. The van der Waals surface area contributed by atoms with Crippen LogP contribution in [0.5, 0.6) is 0 Å². The molecule has 0 radical (unpaired) electrons. The van der Waals surface area contributed by atoms with Crippen molar-refractivity contribution in [2.24, 2.45) is 11.7 Å². The van der Waals surface area contributed by atoms with Crippen molar-refractivity contribution < 1.29 is 12.8 Å². The average molecular weight is 323 g/mol. The van der Waals surface area contributed by atoms with E-state index < -0.39 is 15.8 Å². The van der Waals surface area contributed by atoms with Gasteiger partial charge in [0.15, 0.2) is 0 Å². The van der Waals surface area contributed by atoms with E-state index in [-0.39, 0.29) is 35.8 Å². The van der Waals surface area contributed by atoms with Gasteiger partial charge >= 0.3 is 0 Å². The molecule has 0 aromatic heterocycles. The Bertz CT molecular complexity index is 533. The first-order valence-corrected chi connectivity index (χ1v) is 8.00. The van der Waals surface area contributed by atoms with Crippen LogP contribution in [-0.2, 0) is 10.0 Å². The highest BCUT2D eigenvalue weighted by atomic mass is 35.5. The molecule has 0 aliphatic heterocycles. The summed E-state index contributed by atoms with van der Waals surface area (Å²) in [6, 6.07) is 5.06. The predicted octanol–water partition coefficient (Wildman–Crippen LogP) is 2.04. The maximum absolute atomic E-state index is 13.6. The van der Waals surface area contributed by atoms with Crippen molar-refractivity contribution in [2.45, 2.75) is 36.6 Å². The van der Waals surface area contributed by atoms with E-state index in [1.54, 1.807) is 0 Å². The highest BCUT2D eigenvalue weighted by Gasteiger charge is 2.29. The van der Waals surface area contributed by atoms with Crippen LogP contribution < -0.4 is 10.5 Å². The minimum atomic E-state index is -3.84. The number of halogens is 2. The molecule has 0 amide bonds. The fourth-order valence-electron chi connectivity index (χ4n) is 2.62. The Morgan fingerprint density at radius 3 is 2.45 bits per heavy atom. The molecule has 4 nitrogen and oxygen atoms in total. The molecule has 1 aromatic rings. The maximum atomic E-state index is 13.6. The van der Waals surface area contributed by atoms with Crippen molar-refractivity contribution in [3.8, 4) is 0 Å². The van der Waals surface area contributed by atoms with Crippen molar-refractivity contribution in [1.29, 1.82) is 0 Å². The van der Waals surface area contributed by atoms with Gasteiger partial charge in [-0.3, -0.25) is 0 Å². The number of sulfonamides is 1. The Morgan fingerprint density at radius 1 is 1.30 bits per heavy atom. The molecule has 0 heterocycles. The molecule has 114 valence electrons. The lowest BCUT2D eigenvalue weighted by molar-refractivity contribution is 0.404. The summed E-state index contributed by atoms with van der Waals surface area (Å²) in [6.07, 6.45) is 4.15. The van der Waals surface area contributed by atoms with Crippen LogP contribution in [0.3, 0.4) is 0 Å². The molecule has 0 spiro atoms. The van der Waals surface area contributed by atoms with E-state index >= 15 is 0 Å². The maximum Gasteiger partial charge on any atom is 0.243 e. The molecule has 1 atom stereocenters. The van der Waals surface area contributed by atoms with Crippen LogP contribution in [0.15, 0.2) is 29.2 Å². The molecule has 20 heavy (non-hydrogen) atoms. The molecule has 1 aromatic carbocycles. The molecule has 2 rings (SSSR count). The van der Waals surface area contributed by atoms with Gasteiger partial charge in [0.2, 0.25) is 10.0 Å². The number of nitrogens with two attached hydrogens (primary N) is 1. The number of rotatable bonds is 5. The zero-order valence-corrected chi connectivity index (χ0v) is 12.7. The molecular formula is C13H20ClFN2O2S. The van der Waals surface area contributed by atoms with Crippen LogP contribution >= 0.6 is 12.4 Å². The quantitative estimate of drug-likeness (QED) is 0.871. The monoisotopic (exact) mass is 322 g/mol. The fourth-order valence-corrected chi connectivity index (χ4v) is 4.02. The van der Waals surface area contributed by atoms with Gasteiger partial charge in [-0.05, 0) is 30.9 Å². The second-order valence-electron chi connectivity index (χ2n) is 4.94. The third kappa shape index (κ3) is 3.91. The van der Waals surface area contributed by atoms with Gasteiger partial charge in [0.05, 0.1) is 0 Å². The molecule has 7 heteroatoms. The molecule has 1 aliphatic rings. The van der Waals surface area contributed by atoms with Crippen LogP contribution in [0, 0.1) is 11.7 Å². The van der Waals surface area contributed by atoms with Crippen molar-refractivity contribution >= 4 is 22.4 Å². The van der Waals surface area contributed by atoms with Gasteiger partial charge in [-0.25, -0.2) is 17.5 Å². The summed E-state index contributed by atoms with van der Waals surface area (Å²) in [5, 5.41) is 0. The Balaban J connectivity index is 0.00000200. The third-order valence-electron chi connectivity index (χ3n) is 3.66. The van der Waals surface area contributed by atoms with E-state index in [1.165, 1.54) is 18.2 Å². The third-order valence-corrected chi connectivity index (χ3v) is 5.18. The van der Waals surface area contributed by atoms with Crippen LogP contribution in [-0.4, -0.2) is 21.0 Å². The van der Waals surface area contributed by atoms with E-state index in [4.69, 9.17) is 5.73 Å². The standard InChI is InChI=1S/C13H19FN2O2S.ClH/c14-11-7-3-4-8-13(11)19(17,18)16-12(9-15)10-5-1-2-6-10;/h3-4,7-8,10,12,16H,1-2,5-6,9,15H2;1H. The number of nitrogens with one attached hydrogen (secondary N) is 1. The summed E-state index contributed by atoms with van der Waals surface area (Å²) in [4.78, 5) is -0.313. The van der Waals surface area contributed by atoms with E-state index in [2.05, 4.69) is 4.72 Å². The SMILES string of the molecule is Cl.NCC(NS(=O)(=O)c1ccccc1F)C1CCCC1. The molecule has 1 fully saturated rings. The van der Waals surface area contributed by atoms with E-state index in [0.717, 1.165) is 31.7 Å². The van der Waals surface area contributed by atoms with Gasteiger partial charge in [0.25, 0.3) is 0 Å². The van der Waals surface area contributed by atoms with Crippen LogP contribution in [0.4, 0.5) is 4.39 Å². The zero-order valence-electron chi connectivity index (χ0n) is 11.1. The fraction of sp³-hybridized carbons (Fsp3) is 0.538. The summed E-state index contributed by atoms with van der Waals surface area (Å²) in [5.41, 5.74) is 5.66. The summed E-state index contributed by atoms with van der Waals surface area (Å²) in [5.74, 6) is -0.483. The molecule has 0 bridgehead atoms. The van der Waals surface area contributed by atoms with Gasteiger partial charge < -0.3 is 5.73 Å². The average Bonchev–Trinajstić information content (AvgIpc) is 2.90. The van der Waals surface area contributed by atoms with Gasteiger partial charge in [0, 0.05) is 12.6 Å². The van der Waals surface area contributed by atoms with E-state index in [1.807, 2.05) is 0 Å². The number of hydrogen-bond donors (Lipinski definition) is 2. The number of hydrogen-bond acceptors (Lipinski definition) is 3. The van der Waals surface area contributed by atoms with Crippen LogP contribution in [0.1, 0.15) is 25.7 Å². The smallest absolute Gasteiger partial charge is 0.243 e. The summed E-state index contributed by atoms with van der Waals surface area (Å²) in [6.45, 7) is 0.234. The first-order chi connectivity index (χ1) is 9.04. The van der Waals surface area contributed by atoms with Crippen molar-refractivity contribution in [3.05, 3.63) is 30.1 Å². The Kier molecular flexibility index (Phi) is 6.39. The molecule has 1 aliphatic carbocycles. The Morgan fingerprint density at radius 2 is 1.90 bits per heavy atom. The summed E-state index contributed by atoms with van der Waals surface area (Å²) in [7, 11) is -3.84. The second-order valence-corrected chi connectivity index (χ2v) is 6.62. The minimum absolute atomic E-state index is 0. The molecule has 3 N–H and O–H groups in total. The number of benzene rings is 1. The lowest BCUT2D eigenvalue weighted by Gasteiger charge is -2.23. The van der Waals surface area contributed by atoms with Gasteiger partial charge in [-0.2, -0.15) is 0 Å². The summed E-state index contributed by atoms with van der Waals surface area (Å²) < 4.78 is 40.5. The van der Waals surface area contributed by atoms with Crippen LogP contribution in [0.25, 0.3) is 0 Å². The highest BCUT2D eigenvalue weighted by Crippen LogP contribution is 2.28. The molecule has 1 saturated carbocycles.